The van der Waals surface area contributed by atoms with Crippen LogP contribution in [0.5, 0.6) is 0 Å². The van der Waals surface area contributed by atoms with Gasteiger partial charge in [0, 0.05) is 18.4 Å². The van der Waals surface area contributed by atoms with E-state index in [2.05, 4.69) is 5.10 Å². The van der Waals surface area contributed by atoms with E-state index in [4.69, 9.17) is 10.5 Å². The molecule has 3 rings (SSSR count). The maximum absolute atomic E-state index is 12.4. The van der Waals surface area contributed by atoms with E-state index in [0.717, 1.165) is 10.9 Å². The molecule has 2 aromatic rings. The quantitative estimate of drug-likeness (QED) is 0.891. The molecule has 0 spiro atoms. The van der Waals surface area contributed by atoms with E-state index in [9.17, 15) is 9.59 Å². The summed E-state index contributed by atoms with van der Waals surface area (Å²) in [6.45, 7) is 3.10. The van der Waals surface area contributed by atoms with Gasteiger partial charge in [0.05, 0.1) is 31.4 Å². The van der Waals surface area contributed by atoms with Crippen LogP contribution in [0.2, 0.25) is 0 Å². The van der Waals surface area contributed by atoms with Crippen LogP contribution in [0, 0.1) is 0 Å². The number of rotatable bonds is 4. The van der Waals surface area contributed by atoms with Gasteiger partial charge in [-0.3, -0.25) is 14.3 Å². The van der Waals surface area contributed by atoms with Crippen LogP contribution in [0.4, 0.5) is 0 Å². The number of hydrogen-bond donors (Lipinski definition) is 1. The molecular weight excluding hydrogens is 296 g/mol. The summed E-state index contributed by atoms with van der Waals surface area (Å²) >= 11 is 0. The first-order valence-electron chi connectivity index (χ1n) is 7.62. The fourth-order valence-electron chi connectivity index (χ4n) is 2.80. The lowest BCUT2D eigenvalue weighted by atomic mass is 10.0. The number of primary amides is 1. The van der Waals surface area contributed by atoms with Crippen LogP contribution in [-0.4, -0.2) is 51.8 Å². The Hall–Kier alpha value is -2.41. The van der Waals surface area contributed by atoms with E-state index in [1.54, 1.807) is 18.0 Å². The standard InChI is InChI=1S/C16H20N4O3/c1-16(15(17)22)11-19(8-9-23-16)14(21)6-7-20-13-5-3-2-4-12(13)10-18-20/h2-5,10H,6-9,11H2,1H3,(H2,17,22)/t16-/m1/s1. The van der Waals surface area contributed by atoms with Gasteiger partial charge in [-0.2, -0.15) is 5.10 Å². The summed E-state index contributed by atoms with van der Waals surface area (Å²) in [5.41, 5.74) is 5.26. The second kappa shape index (κ2) is 6.00. The molecule has 2 N–H and O–H groups in total. The molecule has 2 heterocycles. The first-order chi connectivity index (χ1) is 11.0. The van der Waals surface area contributed by atoms with Gasteiger partial charge < -0.3 is 15.4 Å². The molecule has 23 heavy (non-hydrogen) atoms. The number of benzene rings is 1. The molecule has 1 atom stereocenters. The van der Waals surface area contributed by atoms with Gasteiger partial charge in [0.2, 0.25) is 5.91 Å². The monoisotopic (exact) mass is 316 g/mol. The molecule has 7 heteroatoms. The molecule has 1 aliphatic heterocycles. The summed E-state index contributed by atoms with van der Waals surface area (Å²) in [6.07, 6.45) is 2.11. The van der Waals surface area contributed by atoms with Crippen molar-refractivity contribution in [3.8, 4) is 0 Å². The maximum Gasteiger partial charge on any atom is 0.251 e. The van der Waals surface area contributed by atoms with Crippen LogP contribution in [0.25, 0.3) is 10.9 Å². The van der Waals surface area contributed by atoms with E-state index in [-0.39, 0.29) is 12.5 Å². The minimum atomic E-state index is -1.10. The fraction of sp³-hybridized carbons (Fsp3) is 0.438. The van der Waals surface area contributed by atoms with Crippen LogP contribution >= 0.6 is 0 Å². The molecule has 0 aliphatic carbocycles. The third kappa shape index (κ3) is 3.05. The van der Waals surface area contributed by atoms with Crippen molar-refractivity contribution in [3.63, 3.8) is 0 Å². The Kier molecular flexibility index (Phi) is 4.04. The Balaban J connectivity index is 1.64. The minimum Gasteiger partial charge on any atom is -0.367 e. The summed E-state index contributed by atoms with van der Waals surface area (Å²) in [5.74, 6) is -0.576. The molecule has 0 unspecified atom stereocenters. The molecule has 1 aromatic heterocycles. The highest BCUT2D eigenvalue weighted by atomic mass is 16.5. The highest BCUT2D eigenvalue weighted by molar-refractivity contribution is 5.85. The van der Waals surface area contributed by atoms with Crippen molar-refractivity contribution in [1.82, 2.24) is 14.7 Å². The molecule has 1 fully saturated rings. The number of aryl methyl sites for hydroxylation is 1. The Labute approximate surface area is 134 Å². The van der Waals surface area contributed by atoms with Crippen molar-refractivity contribution in [2.24, 2.45) is 5.73 Å². The second-order valence-corrected chi connectivity index (χ2v) is 5.94. The molecule has 1 saturated heterocycles. The zero-order valence-electron chi connectivity index (χ0n) is 13.1. The second-order valence-electron chi connectivity index (χ2n) is 5.94. The number of para-hydroxylation sites is 1. The van der Waals surface area contributed by atoms with Crippen LogP contribution < -0.4 is 5.73 Å². The van der Waals surface area contributed by atoms with Crippen molar-refractivity contribution in [3.05, 3.63) is 30.5 Å². The summed E-state index contributed by atoms with van der Waals surface area (Å²) < 4.78 is 7.25. The van der Waals surface area contributed by atoms with Crippen LogP contribution in [-0.2, 0) is 20.9 Å². The van der Waals surface area contributed by atoms with Crippen molar-refractivity contribution in [2.45, 2.75) is 25.5 Å². The largest absolute Gasteiger partial charge is 0.367 e. The Morgan fingerprint density at radius 1 is 1.39 bits per heavy atom. The van der Waals surface area contributed by atoms with Gasteiger partial charge in [0.1, 0.15) is 0 Å². The number of aromatic nitrogens is 2. The maximum atomic E-state index is 12.4. The van der Waals surface area contributed by atoms with Crippen molar-refractivity contribution >= 4 is 22.7 Å². The molecule has 2 amide bonds. The number of nitrogens with two attached hydrogens (primary N) is 1. The average molecular weight is 316 g/mol. The van der Waals surface area contributed by atoms with E-state index >= 15 is 0 Å². The lowest BCUT2D eigenvalue weighted by Crippen LogP contribution is -2.58. The molecule has 0 bridgehead atoms. The molecule has 0 radical (unpaired) electrons. The van der Waals surface area contributed by atoms with Gasteiger partial charge in [-0.1, -0.05) is 18.2 Å². The topological polar surface area (TPSA) is 90.5 Å². The van der Waals surface area contributed by atoms with Crippen LogP contribution in [0.1, 0.15) is 13.3 Å². The normalized spacial score (nSPS) is 21.5. The molecule has 1 aliphatic rings. The lowest BCUT2D eigenvalue weighted by molar-refractivity contribution is -0.160. The molecular formula is C16H20N4O3. The molecule has 122 valence electrons. The fourth-order valence-corrected chi connectivity index (χ4v) is 2.80. The highest BCUT2D eigenvalue weighted by Gasteiger charge is 2.39. The number of fused-ring (bicyclic) bond motifs is 1. The summed E-state index contributed by atoms with van der Waals surface area (Å²) in [7, 11) is 0. The van der Waals surface area contributed by atoms with Crippen LogP contribution in [0.3, 0.4) is 0 Å². The third-order valence-corrected chi connectivity index (χ3v) is 4.24. The van der Waals surface area contributed by atoms with Crippen LogP contribution in [0.15, 0.2) is 30.5 Å². The summed E-state index contributed by atoms with van der Waals surface area (Å²) in [6, 6.07) is 7.87. The predicted octanol–water partition coefficient (Wildman–Crippen LogP) is 0.529. The Bertz CT molecular complexity index is 742. The zero-order chi connectivity index (χ0) is 16.4. The van der Waals surface area contributed by atoms with Crippen molar-refractivity contribution < 1.29 is 14.3 Å². The van der Waals surface area contributed by atoms with Gasteiger partial charge >= 0.3 is 0 Å². The number of hydrogen-bond acceptors (Lipinski definition) is 4. The number of ether oxygens (including phenoxy) is 1. The minimum absolute atomic E-state index is 0.0274. The zero-order valence-corrected chi connectivity index (χ0v) is 13.1. The first-order valence-corrected chi connectivity index (χ1v) is 7.62. The van der Waals surface area contributed by atoms with E-state index in [1.165, 1.54) is 0 Å². The Morgan fingerprint density at radius 3 is 2.96 bits per heavy atom. The van der Waals surface area contributed by atoms with E-state index in [1.807, 2.05) is 28.9 Å². The molecule has 7 nitrogen and oxygen atoms in total. The highest BCUT2D eigenvalue weighted by Crippen LogP contribution is 2.18. The molecule has 0 saturated carbocycles. The van der Waals surface area contributed by atoms with E-state index < -0.39 is 11.5 Å². The number of morpholine rings is 1. The van der Waals surface area contributed by atoms with Gasteiger partial charge in [-0.05, 0) is 13.0 Å². The summed E-state index contributed by atoms with van der Waals surface area (Å²) in [4.78, 5) is 25.5. The average Bonchev–Trinajstić information content (AvgIpc) is 2.96. The van der Waals surface area contributed by atoms with Crippen molar-refractivity contribution in [2.75, 3.05) is 19.7 Å². The first kappa shape index (κ1) is 15.5. The van der Waals surface area contributed by atoms with Gasteiger partial charge in [0.15, 0.2) is 5.60 Å². The number of carbonyl (C=O) groups is 2. The van der Waals surface area contributed by atoms with E-state index in [0.29, 0.717) is 26.1 Å². The smallest absolute Gasteiger partial charge is 0.251 e. The third-order valence-electron chi connectivity index (χ3n) is 4.24. The lowest BCUT2D eigenvalue weighted by Gasteiger charge is -2.38. The van der Waals surface area contributed by atoms with Gasteiger partial charge in [0.25, 0.3) is 5.91 Å². The number of carbonyl (C=O) groups excluding carboxylic acids is 2. The van der Waals surface area contributed by atoms with Crippen molar-refractivity contribution in [1.29, 1.82) is 0 Å². The SMILES string of the molecule is C[C@]1(C(N)=O)CN(C(=O)CCn2ncc3ccccc32)CCO1. The predicted molar refractivity (Wildman–Crippen MR) is 84.5 cm³/mol. The number of amides is 2. The van der Waals surface area contributed by atoms with Gasteiger partial charge in [-0.25, -0.2) is 0 Å². The Morgan fingerprint density at radius 2 is 2.17 bits per heavy atom. The number of nitrogens with zero attached hydrogens (tertiary/aromatic N) is 3. The summed E-state index contributed by atoms with van der Waals surface area (Å²) in [5, 5.41) is 5.37. The van der Waals surface area contributed by atoms with Gasteiger partial charge in [-0.15, -0.1) is 0 Å². The molecule has 1 aromatic carbocycles.